The van der Waals surface area contributed by atoms with E-state index in [2.05, 4.69) is 20.0 Å². The molecule has 1 aromatic heterocycles. The van der Waals surface area contributed by atoms with E-state index >= 15 is 0 Å². The molecule has 0 spiro atoms. The third kappa shape index (κ3) is 7.37. The van der Waals surface area contributed by atoms with Crippen molar-refractivity contribution in [3.63, 3.8) is 0 Å². The number of β-amino-alcohol motifs (C(OH)–C–C–N with tert-alkyl or cyclic N) is 1. The van der Waals surface area contributed by atoms with Crippen molar-refractivity contribution in [3.8, 4) is 11.4 Å². The summed E-state index contributed by atoms with van der Waals surface area (Å²) in [5.74, 6) is 0.514. The van der Waals surface area contributed by atoms with Gasteiger partial charge in [0.1, 0.15) is 12.2 Å². The number of aliphatic hydroxyl groups is 4. The van der Waals surface area contributed by atoms with E-state index < -0.39 is 34.4 Å². The maximum absolute atomic E-state index is 12.5. The fourth-order valence-corrected chi connectivity index (χ4v) is 6.02. The van der Waals surface area contributed by atoms with Gasteiger partial charge in [0.05, 0.1) is 29.7 Å². The molecule has 1 aliphatic heterocycles. The number of aromatic nitrogens is 2. The predicted octanol–water partition coefficient (Wildman–Crippen LogP) is 0.779. The molecule has 1 aromatic carbocycles. The first-order chi connectivity index (χ1) is 17.8. The van der Waals surface area contributed by atoms with Crippen molar-refractivity contribution in [1.82, 2.24) is 14.9 Å². The minimum absolute atomic E-state index is 0.222. The average Bonchev–Trinajstić information content (AvgIpc) is 3.74. The Balaban J connectivity index is 1.27. The van der Waals surface area contributed by atoms with Crippen LogP contribution in [0.2, 0.25) is 0 Å². The van der Waals surface area contributed by atoms with Crippen molar-refractivity contribution in [2.75, 3.05) is 36.3 Å². The number of sulfonamides is 1. The molecule has 2 aromatic rings. The lowest BCUT2D eigenvalue weighted by atomic mass is 9.94. The second kappa shape index (κ2) is 12.5. The molecule has 204 valence electrons. The number of anilines is 2. The Morgan fingerprint density at radius 2 is 1.65 bits per heavy atom. The van der Waals surface area contributed by atoms with Crippen molar-refractivity contribution in [1.29, 1.82) is 0 Å². The molecule has 2 aliphatic rings. The molecule has 2 heterocycles. The molecule has 0 radical (unpaired) electrons. The summed E-state index contributed by atoms with van der Waals surface area (Å²) >= 11 is 0. The smallest absolute Gasteiger partial charge is 0.235 e. The molecule has 2 fully saturated rings. The van der Waals surface area contributed by atoms with Crippen LogP contribution in [0.5, 0.6) is 0 Å². The van der Waals surface area contributed by atoms with E-state index in [0.29, 0.717) is 43.0 Å². The molecule has 6 N–H and O–H groups in total. The highest BCUT2D eigenvalue weighted by molar-refractivity contribution is 7.93. The lowest BCUT2D eigenvalue weighted by Gasteiger charge is -2.43. The number of hydrogen-bond acceptors (Lipinski definition) is 10. The number of unbranched alkanes of at least 4 members (excludes halogenated alkanes) is 3. The van der Waals surface area contributed by atoms with E-state index in [0.717, 1.165) is 31.4 Å². The molecule has 4 rings (SSSR count). The minimum atomic E-state index is -3.40. The van der Waals surface area contributed by atoms with Crippen LogP contribution in [0.4, 0.5) is 11.4 Å². The van der Waals surface area contributed by atoms with Crippen LogP contribution in [0.15, 0.2) is 36.7 Å². The van der Waals surface area contributed by atoms with Gasteiger partial charge in [-0.2, -0.15) is 0 Å². The van der Waals surface area contributed by atoms with Crippen LogP contribution < -0.4 is 10.0 Å². The van der Waals surface area contributed by atoms with Crippen LogP contribution in [0.1, 0.15) is 38.5 Å². The van der Waals surface area contributed by atoms with Gasteiger partial charge in [-0.1, -0.05) is 12.8 Å². The van der Waals surface area contributed by atoms with Gasteiger partial charge in [-0.05, 0) is 56.5 Å². The van der Waals surface area contributed by atoms with Crippen LogP contribution in [0, 0.1) is 0 Å². The van der Waals surface area contributed by atoms with Crippen molar-refractivity contribution in [2.45, 2.75) is 68.1 Å². The van der Waals surface area contributed by atoms with E-state index in [9.17, 15) is 28.8 Å². The monoisotopic (exact) mass is 535 g/mol. The Hall–Kier alpha value is -2.35. The quantitative estimate of drug-likeness (QED) is 0.202. The van der Waals surface area contributed by atoms with E-state index in [1.807, 2.05) is 11.0 Å². The topological polar surface area (TPSA) is 168 Å². The summed E-state index contributed by atoms with van der Waals surface area (Å²) in [7, 11) is -3.40. The fourth-order valence-electron chi connectivity index (χ4n) is 4.65. The summed E-state index contributed by atoms with van der Waals surface area (Å²) in [4.78, 5) is 10.4. The van der Waals surface area contributed by atoms with Gasteiger partial charge in [0.25, 0.3) is 0 Å². The third-order valence-corrected chi connectivity index (χ3v) is 8.77. The Labute approximate surface area is 217 Å². The number of nitrogens with one attached hydrogen (secondary N) is 2. The Morgan fingerprint density at radius 3 is 2.35 bits per heavy atom. The maximum atomic E-state index is 12.5. The molecule has 0 amide bonds. The molecule has 0 unspecified atom stereocenters. The number of hydrogen-bond donors (Lipinski definition) is 6. The van der Waals surface area contributed by atoms with Gasteiger partial charge >= 0.3 is 0 Å². The normalized spacial score (nSPS) is 24.6. The zero-order chi connectivity index (χ0) is 26.4. The molecule has 37 heavy (non-hydrogen) atoms. The molecular formula is C25H37N5O6S. The van der Waals surface area contributed by atoms with Gasteiger partial charge < -0.3 is 25.7 Å². The largest absolute Gasteiger partial charge is 0.395 e. The predicted molar refractivity (Wildman–Crippen MR) is 140 cm³/mol. The average molecular weight is 536 g/mol. The molecule has 4 atom stereocenters. The number of aliphatic hydroxyl groups excluding tert-OH is 4. The van der Waals surface area contributed by atoms with Crippen LogP contribution in [-0.2, 0) is 10.0 Å². The zero-order valence-electron chi connectivity index (χ0n) is 20.8. The second-order valence-electron chi connectivity index (χ2n) is 9.85. The molecule has 1 saturated carbocycles. The highest BCUT2D eigenvalue weighted by Crippen LogP contribution is 2.32. The number of rotatable bonds is 13. The number of nitrogens with zero attached hydrogens (tertiary/aromatic N) is 3. The Morgan fingerprint density at radius 1 is 0.946 bits per heavy atom. The molecular weight excluding hydrogens is 498 g/mol. The summed E-state index contributed by atoms with van der Waals surface area (Å²) in [6, 6.07) is 6.58. The van der Waals surface area contributed by atoms with E-state index in [1.54, 1.807) is 30.6 Å². The van der Waals surface area contributed by atoms with Gasteiger partial charge in [-0.3, -0.25) is 9.62 Å². The second-order valence-corrected chi connectivity index (χ2v) is 11.8. The van der Waals surface area contributed by atoms with E-state index in [-0.39, 0.29) is 18.4 Å². The minimum Gasteiger partial charge on any atom is -0.395 e. The van der Waals surface area contributed by atoms with Crippen LogP contribution in [0.25, 0.3) is 11.4 Å². The Kier molecular flexibility index (Phi) is 9.32. The Bertz CT molecular complexity index is 1120. The first-order valence-corrected chi connectivity index (χ1v) is 14.4. The highest BCUT2D eigenvalue weighted by atomic mass is 32.2. The maximum Gasteiger partial charge on any atom is 0.235 e. The number of likely N-dealkylation sites (tertiary alicyclic amines) is 1. The SMILES string of the molecule is O=S(=O)(Nc1cc(NCCCCCCN2C[C@H](O)[C@@H](O)[C@H](O)[C@H]2CO)cc(-c2ncccn2)c1)C1CC1. The third-order valence-electron chi connectivity index (χ3n) is 6.90. The molecule has 12 heteroatoms. The van der Waals surface area contributed by atoms with Crippen LogP contribution in [-0.4, -0.2) is 99.6 Å². The first-order valence-electron chi connectivity index (χ1n) is 12.9. The van der Waals surface area contributed by atoms with Gasteiger partial charge in [0.15, 0.2) is 5.82 Å². The van der Waals surface area contributed by atoms with Gasteiger partial charge in [0.2, 0.25) is 10.0 Å². The van der Waals surface area contributed by atoms with Crippen molar-refractivity contribution < 1.29 is 28.8 Å². The highest BCUT2D eigenvalue weighted by Gasteiger charge is 2.40. The summed E-state index contributed by atoms with van der Waals surface area (Å²) in [5, 5.41) is 42.5. The zero-order valence-corrected chi connectivity index (χ0v) is 21.6. The molecule has 0 bridgehead atoms. The van der Waals surface area contributed by atoms with Crippen molar-refractivity contribution in [2.24, 2.45) is 0 Å². The lowest BCUT2D eigenvalue weighted by molar-refractivity contribution is -0.145. The first kappa shape index (κ1) is 27.7. The standard InChI is InChI=1S/C25H37N5O6S/c31-16-21-23(33)24(34)22(32)15-30(21)11-4-2-1-3-8-26-18-12-17(25-27-9-5-10-28-25)13-19(14-18)29-37(35,36)20-6-7-20/h5,9-10,12-14,20-24,26,29,31-34H,1-4,6-8,11,15-16H2/t21-,22+,23-,24-/m1/s1. The van der Waals surface area contributed by atoms with Gasteiger partial charge in [-0.15, -0.1) is 0 Å². The summed E-state index contributed by atoms with van der Waals surface area (Å²) < 4.78 is 27.6. The number of benzene rings is 1. The van der Waals surface area contributed by atoms with Crippen molar-refractivity contribution >= 4 is 21.4 Å². The summed E-state index contributed by atoms with van der Waals surface area (Å²) in [6.45, 7) is 1.25. The van der Waals surface area contributed by atoms with E-state index in [1.165, 1.54) is 0 Å². The molecule has 11 nitrogen and oxygen atoms in total. The fraction of sp³-hybridized carbons (Fsp3) is 0.600. The van der Waals surface area contributed by atoms with Gasteiger partial charge in [-0.25, -0.2) is 18.4 Å². The summed E-state index contributed by atoms with van der Waals surface area (Å²) in [6.07, 6.45) is 4.81. The summed E-state index contributed by atoms with van der Waals surface area (Å²) in [5.41, 5.74) is 1.97. The lowest BCUT2D eigenvalue weighted by Crippen LogP contribution is -2.62. The molecule has 1 saturated heterocycles. The van der Waals surface area contributed by atoms with Crippen LogP contribution >= 0.6 is 0 Å². The number of piperidine rings is 1. The van der Waals surface area contributed by atoms with E-state index in [4.69, 9.17) is 0 Å². The molecule has 1 aliphatic carbocycles. The van der Waals surface area contributed by atoms with Crippen molar-refractivity contribution in [3.05, 3.63) is 36.7 Å². The van der Waals surface area contributed by atoms with Gasteiger partial charge in [0, 0.05) is 36.7 Å². The van der Waals surface area contributed by atoms with Crippen LogP contribution in [0.3, 0.4) is 0 Å².